The Morgan fingerprint density at radius 1 is 1.05 bits per heavy atom. The van der Waals surface area contributed by atoms with E-state index in [1.165, 1.54) is 0 Å². The number of carboxylic acids is 1. The standard InChI is InChI=1S/C31H26F5NO2/c1-30(32,33)22-15-21(16-23(17-22)31(34,35)36)28-18-26-25-7-3-2-6-20(25)11-14-27(26)37(28)24-12-9-19(10-13-24)5-4-8-29(38)39/h2-3,6-7,9-14,16-18,25H,4-5,8,15H2,1H3,(H,38,39). The third-order valence-corrected chi connectivity index (χ3v) is 7.21. The predicted molar refractivity (Wildman–Crippen MR) is 140 cm³/mol. The van der Waals surface area contributed by atoms with Gasteiger partial charge in [0.05, 0.1) is 16.3 Å². The summed E-state index contributed by atoms with van der Waals surface area (Å²) >= 11 is 0. The van der Waals surface area contributed by atoms with E-state index in [-0.39, 0.29) is 24.3 Å². The number of halogens is 5. The van der Waals surface area contributed by atoms with E-state index >= 15 is 0 Å². The van der Waals surface area contributed by atoms with Gasteiger partial charge in [-0.1, -0.05) is 42.5 Å². The maximum absolute atomic E-state index is 14.4. The molecule has 3 aliphatic rings. The SMILES string of the molecule is CC(F)(F)C1=CC(C(F)(F)F)=CC(=c2cc3c(n2-c2ccc(CCCC(=O)O)cc2)=CC=C2C=CC=CC23)C1. The van der Waals surface area contributed by atoms with Crippen LogP contribution in [0.15, 0.2) is 89.6 Å². The van der Waals surface area contributed by atoms with Crippen LogP contribution in [0, 0.1) is 0 Å². The van der Waals surface area contributed by atoms with Gasteiger partial charge < -0.3 is 9.67 Å². The fourth-order valence-electron chi connectivity index (χ4n) is 5.24. The molecule has 0 spiro atoms. The molecule has 1 unspecified atom stereocenters. The van der Waals surface area contributed by atoms with Crippen LogP contribution >= 0.6 is 0 Å². The Kier molecular flexibility index (Phi) is 6.83. The van der Waals surface area contributed by atoms with Crippen LogP contribution in [0.2, 0.25) is 0 Å². The molecule has 0 fully saturated rings. The number of hydrogen-bond acceptors (Lipinski definition) is 1. The van der Waals surface area contributed by atoms with Crippen LogP contribution in [-0.2, 0) is 11.2 Å². The van der Waals surface area contributed by atoms with Gasteiger partial charge in [0, 0.05) is 36.9 Å². The van der Waals surface area contributed by atoms with Crippen LogP contribution in [0.4, 0.5) is 22.0 Å². The predicted octanol–water partition coefficient (Wildman–Crippen LogP) is 6.44. The van der Waals surface area contributed by atoms with Crippen molar-refractivity contribution in [2.24, 2.45) is 0 Å². The lowest BCUT2D eigenvalue weighted by molar-refractivity contribution is -0.137. The Morgan fingerprint density at radius 3 is 2.46 bits per heavy atom. The molecule has 202 valence electrons. The van der Waals surface area contributed by atoms with E-state index in [0.717, 1.165) is 28.1 Å². The van der Waals surface area contributed by atoms with E-state index in [2.05, 4.69) is 0 Å². The van der Waals surface area contributed by atoms with E-state index in [4.69, 9.17) is 5.11 Å². The molecule has 0 aliphatic heterocycles. The third kappa shape index (κ3) is 5.46. The first-order valence-electron chi connectivity index (χ1n) is 12.6. The van der Waals surface area contributed by atoms with Gasteiger partial charge >= 0.3 is 12.1 Å². The second-order valence-corrected chi connectivity index (χ2v) is 10.0. The number of carbonyl (C=O) groups is 1. The largest absolute Gasteiger partial charge is 0.481 e. The first-order valence-corrected chi connectivity index (χ1v) is 12.6. The molecular weight excluding hydrogens is 513 g/mol. The number of aryl methyl sites for hydroxylation is 1. The first-order chi connectivity index (χ1) is 18.4. The fourth-order valence-corrected chi connectivity index (χ4v) is 5.24. The minimum absolute atomic E-state index is 0.0497. The summed E-state index contributed by atoms with van der Waals surface area (Å²) < 4.78 is 72.0. The number of aromatic nitrogens is 1. The maximum atomic E-state index is 14.4. The van der Waals surface area contributed by atoms with E-state index in [0.29, 0.717) is 36.9 Å². The highest BCUT2D eigenvalue weighted by Gasteiger charge is 2.38. The molecular formula is C31H26F5NO2. The van der Waals surface area contributed by atoms with E-state index in [1.54, 1.807) is 0 Å². The normalized spacial score (nSPS) is 19.9. The summed E-state index contributed by atoms with van der Waals surface area (Å²) in [5.41, 5.74) is 1.97. The Bertz CT molecular complexity index is 1590. The molecule has 1 atom stereocenters. The molecule has 0 saturated heterocycles. The summed E-state index contributed by atoms with van der Waals surface area (Å²) in [6, 6.07) is 9.17. The van der Waals surface area contributed by atoms with Gasteiger partial charge in [0.2, 0.25) is 0 Å². The van der Waals surface area contributed by atoms with Gasteiger partial charge in [-0.2, -0.15) is 13.2 Å². The van der Waals surface area contributed by atoms with Crippen molar-refractivity contribution in [3.05, 3.63) is 111 Å². The van der Waals surface area contributed by atoms with Gasteiger partial charge in [-0.25, -0.2) is 8.78 Å². The van der Waals surface area contributed by atoms with Crippen molar-refractivity contribution in [1.29, 1.82) is 0 Å². The summed E-state index contributed by atoms with van der Waals surface area (Å²) in [5.74, 6) is -4.39. The molecule has 39 heavy (non-hydrogen) atoms. The van der Waals surface area contributed by atoms with Gasteiger partial charge in [-0.3, -0.25) is 4.79 Å². The van der Waals surface area contributed by atoms with Crippen molar-refractivity contribution >= 4 is 17.6 Å². The zero-order valence-corrected chi connectivity index (χ0v) is 21.1. The topological polar surface area (TPSA) is 42.2 Å². The molecule has 2 aromatic rings. The average molecular weight is 540 g/mol. The Labute approximate surface area is 222 Å². The van der Waals surface area contributed by atoms with Crippen molar-refractivity contribution in [1.82, 2.24) is 4.57 Å². The molecule has 0 saturated carbocycles. The van der Waals surface area contributed by atoms with Crippen LogP contribution in [0.1, 0.15) is 43.2 Å². The average Bonchev–Trinajstić information content (AvgIpc) is 3.28. The first kappa shape index (κ1) is 26.7. The highest BCUT2D eigenvalue weighted by molar-refractivity contribution is 5.68. The lowest BCUT2D eigenvalue weighted by Crippen LogP contribution is -2.30. The summed E-state index contributed by atoms with van der Waals surface area (Å²) in [6.45, 7) is 0.617. The number of aliphatic carboxylic acids is 1. The summed E-state index contributed by atoms with van der Waals surface area (Å²) in [4.78, 5) is 10.8. The summed E-state index contributed by atoms with van der Waals surface area (Å²) in [5, 5.41) is 10.1. The van der Waals surface area contributed by atoms with Crippen LogP contribution in [0.25, 0.3) is 17.3 Å². The highest BCUT2D eigenvalue weighted by atomic mass is 19.4. The zero-order chi connectivity index (χ0) is 27.9. The lowest BCUT2D eigenvalue weighted by Gasteiger charge is -2.22. The molecule has 1 N–H and O–H groups in total. The zero-order valence-electron chi connectivity index (χ0n) is 21.1. The molecule has 3 nitrogen and oxygen atoms in total. The fraction of sp³-hybridized carbons (Fsp3) is 0.258. The maximum Gasteiger partial charge on any atom is 0.416 e. The van der Waals surface area contributed by atoms with Gasteiger partial charge in [-0.15, -0.1) is 0 Å². The summed E-state index contributed by atoms with van der Waals surface area (Å²) in [6.07, 6.45) is 9.18. The molecule has 1 aromatic carbocycles. The minimum Gasteiger partial charge on any atom is -0.481 e. The van der Waals surface area contributed by atoms with Gasteiger partial charge in [0.1, 0.15) is 0 Å². The summed E-state index contributed by atoms with van der Waals surface area (Å²) in [7, 11) is 0. The van der Waals surface area contributed by atoms with E-state index in [9.17, 15) is 26.7 Å². The number of allylic oxidation sites excluding steroid dienone is 10. The number of alkyl halides is 5. The number of nitrogens with zero attached hydrogens (tertiary/aromatic N) is 1. The smallest absolute Gasteiger partial charge is 0.416 e. The number of hydrogen-bond donors (Lipinski definition) is 1. The second kappa shape index (κ2) is 9.98. The van der Waals surface area contributed by atoms with Gasteiger partial charge in [-0.05, 0) is 71.5 Å². The van der Waals surface area contributed by atoms with Crippen molar-refractivity contribution in [3.8, 4) is 5.69 Å². The van der Waals surface area contributed by atoms with E-state index < -0.39 is 29.2 Å². The molecule has 0 radical (unpaired) electrons. The molecule has 0 amide bonds. The number of carboxylic acid groups (broad SMARTS) is 1. The van der Waals surface area contributed by atoms with Crippen molar-refractivity contribution in [2.45, 2.75) is 50.6 Å². The monoisotopic (exact) mass is 539 g/mol. The van der Waals surface area contributed by atoms with Crippen LogP contribution in [-0.4, -0.2) is 27.7 Å². The molecule has 5 rings (SSSR count). The Balaban J connectivity index is 1.71. The van der Waals surface area contributed by atoms with E-state index in [1.807, 2.05) is 71.4 Å². The second-order valence-electron chi connectivity index (χ2n) is 10.0. The minimum atomic E-state index is -4.78. The van der Waals surface area contributed by atoms with Crippen LogP contribution in [0.3, 0.4) is 0 Å². The Hall–Kier alpha value is -3.94. The quantitative estimate of drug-likeness (QED) is 0.430. The molecule has 0 bridgehead atoms. The van der Waals surface area contributed by atoms with Crippen molar-refractivity contribution < 1.29 is 31.9 Å². The number of rotatable bonds is 6. The van der Waals surface area contributed by atoms with Crippen LogP contribution < -0.4 is 10.7 Å². The van der Waals surface area contributed by atoms with Gasteiger partial charge in [0.25, 0.3) is 5.92 Å². The van der Waals surface area contributed by atoms with Crippen molar-refractivity contribution in [2.75, 3.05) is 0 Å². The molecule has 1 aromatic heterocycles. The Morgan fingerprint density at radius 2 is 1.79 bits per heavy atom. The highest BCUT2D eigenvalue weighted by Crippen LogP contribution is 2.39. The molecule has 3 aliphatic carbocycles. The molecule has 1 heterocycles. The lowest BCUT2D eigenvalue weighted by atomic mass is 9.85. The number of fused-ring (bicyclic) bond motifs is 3. The third-order valence-electron chi connectivity index (χ3n) is 7.21. The number of benzene rings is 1. The van der Waals surface area contributed by atoms with Crippen LogP contribution in [0.5, 0.6) is 0 Å². The van der Waals surface area contributed by atoms with Crippen molar-refractivity contribution in [3.63, 3.8) is 0 Å². The van der Waals surface area contributed by atoms with Gasteiger partial charge in [0.15, 0.2) is 0 Å². The molecule has 8 heteroatoms.